The van der Waals surface area contributed by atoms with Gasteiger partial charge in [0, 0.05) is 6.54 Å². The largest absolute Gasteiger partial charge is 0.479 e. The van der Waals surface area contributed by atoms with Crippen molar-refractivity contribution in [2.45, 2.75) is 12.8 Å². The fourth-order valence-electron chi connectivity index (χ4n) is 1.34. The van der Waals surface area contributed by atoms with Gasteiger partial charge in [0.05, 0.1) is 0 Å². The van der Waals surface area contributed by atoms with Crippen molar-refractivity contribution >= 4 is 12.0 Å². The van der Waals surface area contributed by atoms with Crippen LogP contribution in [-0.2, 0) is 9.63 Å². The predicted octanol–water partition coefficient (Wildman–Crippen LogP) is 1.11. The van der Waals surface area contributed by atoms with E-state index in [1.807, 2.05) is 42.7 Å². The maximum atomic E-state index is 11.2. The first kappa shape index (κ1) is 14.0. The average molecular weight is 252 g/mol. The number of carboxylic acids is 1. The van der Waals surface area contributed by atoms with Crippen LogP contribution >= 0.6 is 0 Å². The molecule has 1 rings (SSSR count). The van der Waals surface area contributed by atoms with Crippen molar-refractivity contribution in [3.8, 4) is 0 Å². The van der Waals surface area contributed by atoms with Gasteiger partial charge in [0.2, 0.25) is 0 Å². The third-order valence-corrected chi connectivity index (χ3v) is 2.30. The molecule has 0 saturated carbocycles. The molecule has 1 atom stereocenters. The van der Waals surface area contributed by atoms with Crippen LogP contribution in [0.5, 0.6) is 0 Å². The second-order valence-electron chi connectivity index (χ2n) is 3.81. The number of benzene rings is 1. The molecule has 0 aliphatic heterocycles. The van der Waals surface area contributed by atoms with Gasteiger partial charge in [-0.25, -0.2) is 15.1 Å². The molecule has 6 heteroatoms. The molecule has 6 nitrogen and oxygen atoms in total. The number of hydroxylamine groups is 1. The lowest BCUT2D eigenvalue weighted by molar-refractivity contribution is -0.144. The number of carbonyl (C=O) groups is 2. The van der Waals surface area contributed by atoms with Crippen LogP contribution in [0.4, 0.5) is 4.79 Å². The summed E-state index contributed by atoms with van der Waals surface area (Å²) in [5.74, 6) is -0.982. The van der Waals surface area contributed by atoms with Crippen molar-refractivity contribution in [2.75, 3.05) is 13.2 Å². The highest BCUT2D eigenvalue weighted by molar-refractivity contribution is 5.73. The van der Waals surface area contributed by atoms with Crippen LogP contribution in [0.25, 0.3) is 0 Å². The monoisotopic (exact) mass is 252 g/mol. The Morgan fingerprint density at radius 2 is 2.00 bits per heavy atom. The summed E-state index contributed by atoms with van der Waals surface area (Å²) in [7, 11) is 0. The van der Waals surface area contributed by atoms with Crippen LogP contribution in [-0.4, -0.2) is 30.3 Å². The van der Waals surface area contributed by atoms with Crippen molar-refractivity contribution < 1.29 is 19.5 Å². The van der Waals surface area contributed by atoms with E-state index in [9.17, 15) is 9.59 Å². The van der Waals surface area contributed by atoms with E-state index >= 15 is 0 Å². The fraction of sp³-hybridized carbons (Fsp3) is 0.333. The van der Waals surface area contributed by atoms with Gasteiger partial charge in [-0.2, -0.15) is 0 Å². The molecule has 0 aromatic heterocycles. The first-order valence-electron chi connectivity index (χ1n) is 5.52. The first-order chi connectivity index (χ1) is 8.59. The van der Waals surface area contributed by atoms with Crippen molar-refractivity contribution in [2.24, 2.45) is 0 Å². The summed E-state index contributed by atoms with van der Waals surface area (Å²) in [6.07, 6.45) is 0. The fourth-order valence-corrected chi connectivity index (χ4v) is 1.34. The van der Waals surface area contributed by atoms with Crippen LogP contribution in [0.3, 0.4) is 0 Å². The first-order valence-corrected chi connectivity index (χ1v) is 5.52. The van der Waals surface area contributed by atoms with Gasteiger partial charge in [0.15, 0.2) is 6.61 Å². The number of aliphatic carboxylic acids is 1. The molecule has 1 unspecified atom stereocenters. The molecule has 0 heterocycles. The van der Waals surface area contributed by atoms with Gasteiger partial charge in [0.1, 0.15) is 0 Å². The number of urea groups is 1. The average Bonchev–Trinajstić information content (AvgIpc) is 2.36. The summed E-state index contributed by atoms with van der Waals surface area (Å²) in [4.78, 5) is 25.8. The summed E-state index contributed by atoms with van der Waals surface area (Å²) in [6, 6.07) is 9.19. The maximum Gasteiger partial charge on any atom is 0.338 e. The molecule has 1 aromatic rings. The summed E-state index contributed by atoms with van der Waals surface area (Å²) < 4.78 is 0. The van der Waals surface area contributed by atoms with Gasteiger partial charge in [-0.3, -0.25) is 4.84 Å². The minimum absolute atomic E-state index is 0.163. The zero-order valence-electron chi connectivity index (χ0n) is 10.1. The molecule has 3 N–H and O–H groups in total. The summed E-state index contributed by atoms with van der Waals surface area (Å²) in [6.45, 7) is 1.85. The van der Waals surface area contributed by atoms with Crippen LogP contribution in [0.1, 0.15) is 18.4 Å². The Morgan fingerprint density at radius 3 is 2.61 bits per heavy atom. The number of carbonyl (C=O) groups excluding carboxylic acids is 1. The second-order valence-corrected chi connectivity index (χ2v) is 3.81. The Hall–Kier alpha value is -2.08. The quantitative estimate of drug-likeness (QED) is 0.662. The summed E-state index contributed by atoms with van der Waals surface area (Å²) >= 11 is 0. The lowest BCUT2D eigenvalue weighted by atomic mass is 10.0. The zero-order valence-corrected chi connectivity index (χ0v) is 10.1. The van der Waals surface area contributed by atoms with E-state index in [2.05, 4.69) is 10.2 Å². The number of amides is 2. The molecule has 98 valence electrons. The van der Waals surface area contributed by atoms with Gasteiger partial charge in [-0.15, -0.1) is 0 Å². The van der Waals surface area contributed by atoms with Crippen molar-refractivity contribution in [3.05, 3.63) is 35.9 Å². The standard InChI is InChI=1S/C12H16N2O4/c1-9(10-5-3-2-4-6-10)7-13-12(17)14-18-8-11(15)16/h2-6,9H,7-8H2,1H3,(H,15,16)(H2,13,14,17). The van der Waals surface area contributed by atoms with Gasteiger partial charge in [-0.05, 0) is 11.5 Å². The van der Waals surface area contributed by atoms with Crippen molar-refractivity contribution in [1.82, 2.24) is 10.8 Å². The Bertz CT molecular complexity index is 394. The van der Waals surface area contributed by atoms with E-state index in [4.69, 9.17) is 5.11 Å². The Balaban J connectivity index is 2.24. The van der Waals surface area contributed by atoms with Crippen LogP contribution < -0.4 is 10.8 Å². The normalized spacial score (nSPS) is 11.6. The van der Waals surface area contributed by atoms with Gasteiger partial charge < -0.3 is 10.4 Å². The predicted molar refractivity (Wildman–Crippen MR) is 65.0 cm³/mol. The molecule has 0 saturated heterocycles. The Morgan fingerprint density at radius 1 is 1.33 bits per heavy atom. The molecule has 0 bridgehead atoms. The van der Waals surface area contributed by atoms with E-state index in [1.165, 1.54) is 0 Å². The molecule has 0 spiro atoms. The van der Waals surface area contributed by atoms with Crippen molar-refractivity contribution in [1.29, 1.82) is 0 Å². The Labute approximate surface area is 105 Å². The lowest BCUT2D eigenvalue weighted by Gasteiger charge is -2.13. The van der Waals surface area contributed by atoms with E-state index in [-0.39, 0.29) is 5.92 Å². The molecule has 0 aliphatic rings. The summed E-state index contributed by atoms with van der Waals surface area (Å²) in [5.41, 5.74) is 3.10. The highest BCUT2D eigenvalue weighted by Crippen LogP contribution is 2.12. The number of rotatable bonds is 6. The highest BCUT2D eigenvalue weighted by Gasteiger charge is 2.07. The molecule has 0 aliphatic carbocycles. The molecular formula is C12H16N2O4. The minimum atomic E-state index is -1.15. The zero-order chi connectivity index (χ0) is 13.4. The van der Waals surface area contributed by atoms with E-state index in [0.717, 1.165) is 5.56 Å². The molecule has 1 aromatic carbocycles. The third kappa shape index (κ3) is 5.31. The number of nitrogens with one attached hydrogen (secondary N) is 2. The van der Waals surface area contributed by atoms with E-state index < -0.39 is 18.6 Å². The number of hydrogen-bond acceptors (Lipinski definition) is 3. The summed E-state index contributed by atoms with van der Waals surface area (Å²) in [5, 5.41) is 10.9. The van der Waals surface area contributed by atoms with Gasteiger partial charge in [0.25, 0.3) is 0 Å². The second kappa shape index (κ2) is 7.29. The van der Waals surface area contributed by atoms with Gasteiger partial charge >= 0.3 is 12.0 Å². The van der Waals surface area contributed by atoms with Gasteiger partial charge in [-0.1, -0.05) is 37.3 Å². The number of carboxylic acid groups (broad SMARTS) is 1. The molecule has 0 fully saturated rings. The molecular weight excluding hydrogens is 236 g/mol. The van der Waals surface area contributed by atoms with Crippen LogP contribution in [0.2, 0.25) is 0 Å². The third-order valence-electron chi connectivity index (χ3n) is 2.30. The molecule has 0 radical (unpaired) electrons. The Kier molecular flexibility index (Phi) is 5.66. The maximum absolute atomic E-state index is 11.2. The van der Waals surface area contributed by atoms with E-state index in [1.54, 1.807) is 0 Å². The lowest BCUT2D eigenvalue weighted by Crippen LogP contribution is -2.38. The van der Waals surface area contributed by atoms with Crippen LogP contribution in [0, 0.1) is 0 Å². The topological polar surface area (TPSA) is 87.7 Å². The molecule has 18 heavy (non-hydrogen) atoms. The van der Waals surface area contributed by atoms with Crippen LogP contribution in [0.15, 0.2) is 30.3 Å². The SMILES string of the molecule is CC(CNC(=O)NOCC(=O)O)c1ccccc1. The smallest absolute Gasteiger partial charge is 0.338 e. The van der Waals surface area contributed by atoms with Crippen molar-refractivity contribution in [3.63, 3.8) is 0 Å². The minimum Gasteiger partial charge on any atom is -0.479 e. The highest BCUT2D eigenvalue weighted by atomic mass is 16.7. The number of hydrogen-bond donors (Lipinski definition) is 3. The molecule has 2 amide bonds. The van der Waals surface area contributed by atoms with E-state index in [0.29, 0.717) is 6.54 Å².